The third kappa shape index (κ3) is 9.27. The third-order valence-corrected chi connectivity index (χ3v) is 17.0. The van der Waals surface area contributed by atoms with Crippen LogP contribution in [0.15, 0.2) is 55.0 Å². The van der Waals surface area contributed by atoms with Crippen molar-refractivity contribution >= 4 is 40.1 Å². The van der Waals surface area contributed by atoms with Gasteiger partial charge >= 0.3 is 5.97 Å². The Morgan fingerprint density at radius 1 is 0.958 bits per heavy atom. The minimum atomic E-state index is -0.943. The number of pyridine rings is 2. The number of nitrogens with zero attached hydrogens (tertiary/aromatic N) is 8. The van der Waals surface area contributed by atoms with E-state index in [1.807, 2.05) is 24.7 Å². The molecule has 386 valence electrons. The van der Waals surface area contributed by atoms with Gasteiger partial charge in [0.05, 0.1) is 73.9 Å². The molecule has 7 aliphatic heterocycles. The summed E-state index contributed by atoms with van der Waals surface area (Å²) in [5, 5.41) is 7.74. The third-order valence-electron chi connectivity index (χ3n) is 17.0. The molecule has 1 unspecified atom stereocenters. The number of nitrogens with two attached hydrogens (primary N) is 1. The molecule has 11 rings (SSSR count). The number of aryl methyl sites for hydroxylation is 1. The second-order valence-electron chi connectivity index (χ2n) is 22.8. The van der Waals surface area contributed by atoms with Crippen molar-refractivity contribution < 1.29 is 28.6 Å². The molecule has 4 N–H and O–H groups in total. The molecule has 10 heterocycles. The van der Waals surface area contributed by atoms with Gasteiger partial charge in [0.2, 0.25) is 11.8 Å². The maximum atomic E-state index is 15.2. The molecule has 7 atom stereocenters. The van der Waals surface area contributed by atoms with Crippen molar-refractivity contribution in [3.8, 4) is 11.3 Å². The summed E-state index contributed by atoms with van der Waals surface area (Å²) in [6.07, 6.45) is 8.71. The van der Waals surface area contributed by atoms with E-state index in [4.69, 9.17) is 29.9 Å². The Labute approximate surface area is 424 Å². The van der Waals surface area contributed by atoms with Gasteiger partial charge in [-0.1, -0.05) is 26.8 Å². The fraction of sp³-hybridized carbons (Fsp3) is 0.618. The quantitative estimate of drug-likeness (QED) is 0.237. The topological polar surface area (TPSA) is 176 Å². The summed E-state index contributed by atoms with van der Waals surface area (Å²) in [4.78, 5) is 65.4. The number of ether oxygens (including phenoxy) is 3. The van der Waals surface area contributed by atoms with Gasteiger partial charge in [-0.2, -0.15) is 0 Å². The zero-order valence-corrected chi connectivity index (χ0v) is 43.0. The molecule has 5 saturated heterocycles. The lowest BCUT2D eigenvalue weighted by molar-refractivity contribution is -0.212. The number of fused-ring (bicyclic) bond motifs is 7. The summed E-state index contributed by atoms with van der Waals surface area (Å²) in [5.74, 6) is -1.03. The van der Waals surface area contributed by atoms with Gasteiger partial charge in [0.15, 0.2) is 0 Å². The molecule has 0 radical (unpaired) electrons. The van der Waals surface area contributed by atoms with Gasteiger partial charge < -0.3 is 49.8 Å². The van der Waals surface area contributed by atoms with E-state index < -0.39 is 41.7 Å². The molecule has 5 fully saturated rings. The first-order chi connectivity index (χ1) is 34.8. The number of likely N-dealkylation sites (N-methyl/N-ethyl adjacent to an activating group) is 1. The molecule has 17 heteroatoms. The van der Waals surface area contributed by atoms with Crippen molar-refractivity contribution in [2.45, 2.75) is 109 Å². The van der Waals surface area contributed by atoms with E-state index in [-0.39, 0.29) is 42.3 Å². The molecule has 17 nitrogen and oxygen atoms in total. The van der Waals surface area contributed by atoms with Gasteiger partial charge in [-0.05, 0) is 94.1 Å². The SMILES string of the molecule is CCn1c(-c2cncc(N3CCN(C)CC3)c2)c2c3cc(ccc31)N1CCO[C@H](C1)[C@@H](N1CC3(COC3)C1)[C@H](NC(=O)[C@@H]1C(C)c3cccnc3[C@H]3CCCN31)C(=O)NCCC[C@H](N)C(=O)OCC(C)(C)C2. The number of hydrogen-bond acceptors (Lipinski definition) is 14. The number of aromatic nitrogens is 3. The molecule has 2 amide bonds. The van der Waals surface area contributed by atoms with Crippen LogP contribution in [0.2, 0.25) is 0 Å². The van der Waals surface area contributed by atoms with E-state index in [9.17, 15) is 4.79 Å². The Morgan fingerprint density at radius 2 is 1.78 bits per heavy atom. The predicted molar refractivity (Wildman–Crippen MR) is 277 cm³/mol. The smallest absolute Gasteiger partial charge is 0.322 e. The van der Waals surface area contributed by atoms with Crippen LogP contribution in [-0.2, 0) is 41.6 Å². The number of esters is 1. The molecular formula is C55H75N11O6. The largest absolute Gasteiger partial charge is 0.464 e. The molecule has 7 aliphatic rings. The van der Waals surface area contributed by atoms with Crippen LogP contribution >= 0.6 is 0 Å². The van der Waals surface area contributed by atoms with Gasteiger partial charge in [-0.3, -0.25) is 34.2 Å². The highest BCUT2D eigenvalue weighted by molar-refractivity contribution is 5.95. The zero-order chi connectivity index (χ0) is 49.9. The lowest BCUT2D eigenvalue weighted by Gasteiger charge is -2.59. The average molecular weight is 986 g/mol. The van der Waals surface area contributed by atoms with Crippen molar-refractivity contribution in [3.63, 3.8) is 0 Å². The first kappa shape index (κ1) is 49.1. The molecule has 3 aromatic heterocycles. The minimum Gasteiger partial charge on any atom is -0.464 e. The molecular weight excluding hydrogens is 911 g/mol. The predicted octanol–water partition coefficient (Wildman–Crippen LogP) is 3.93. The number of piperazine rings is 1. The highest BCUT2D eigenvalue weighted by atomic mass is 16.5. The first-order valence-electron chi connectivity index (χ1n) is 26.7. The van der Waals surface area contributed by atoms with E-state index in [0.29, 0.717) is 52.2 Å². The summed E-state index contributed by atoms with van der Waals surface area (Å²) in [5.41, 5.74) is 14.9. The van der Waals surface area contributed by atoms with Crippen LogP contribution in [0.25, 0.3) is 22.2 Å². The Morgan fingerprint density at radius 3 is 2.56 bits per heavy atom. The number of amides is 2. The average Bonchev–Trinajstić information content (AvgIpc) is 3.97. The van der Waals surface area contributed by atoms with Gasteiger partial charge in [0.25, 0.3) is 0 Å². The van der Waals surface area contributed by atoms with Crippen LogP contribution in [-0.4, -0.2) is 176 Å². The lowest BCUT2D eigenvalue weighted by atomic mass is 9.75. The van der Waals surface area contributed by atoms with Crippen LogP contribution in [0.4, 0.5) is 11.4 Å². The fourth-order valence-corrected chi connectivity index (χ4v) is 13.2. The van der Waals surface area contributed by atoms with Crippen molar-refractivity contribution in [2.24, 2.45) is 16.6 Å². The summed E-state index contributed by atoms with van der Waals surface area (Å²) < 4.78 is 21.1. The normalized spacial score (nSPS) is 29.4. The highest BCUT2D eigenvalue weighted by Gasteiger charge is 2.56. The van der Waals surface area contributed by atoms with Crippen LogP contribution in [0.5, 0.6) is 0 Å². The Hall–Kier alpha value is -5.17. The number of benzene rings is 1. The maximum absolute atomic E-state index is 15.2. The maximum Gasteiger partial charge on any atom is 0.322 e. The molecule has 4 bridgehead atoms. The highest BCUT2D eigenvalue weighted by Crippen LogP contribution is 2.46. The van der Waals surface area contributed by atoms with Gasteiger partial charge in [-0.25, -0.2) is 0 Å². The van der Waals surface area contributed by atoms with Crippen molar-refractivity contribution in [1.29, 1.82) is 0 Å². The van der Waals surface area contributed by atoms with Crippen molar-refractivity contribution in [3.05, 3.63) is 71.8 Å². The molecule has 72 heavy (non-hydrogen) atoms. The number of hydrogen-bond donors (Lipinski definition) is 3. The number of rotatable bonds is 6. The number of morpholine rings is 1. The number of carbonyl (C=O) groups excluding carboxylic acids is 3. The second-order valence-corrected chi connectivity index (χ2v) is 22.8. The van der Waals surface area contributed by atoms with E-state index in [1.54, 1.807) is 0 Å². The van der Waals surface area contributed by atoms with E-state index >= 15 is 9.59 Å². The standard InChI is InChI=1S/C55H75N11O6/c1-6-65-43-14-13-37-25-40(43)41(49(65)36-24-38(28-57-27-36)62-20-18-61(5)19-21-62)26-54(3,4)32-72-53(69)42(56)11-8-16-59-51(67)47(50(45-29-63(37)22-23-71-45)64-30-55(31-64)33-70-34-55)60-52(68)48-35(2)39-10-7-15-58-46(39)44-12-9-17-66(44)48/h7,10,13-15,24-25,27-28,35,42,44-45,47-48,50H,6,8-9,11-12,16-23,26,29-34,56H2,1-5H3,(H,59,67)(H,60,68)/t35?,42-,44+,45+,47-,48-,50+/m0/s1. The number of carbonyl (C=O) groups is 3. The molecule has 4 aromatic rings. The monoisotopic (exact) mass is 986 g/mol. The van der Waals surface area contributed by atoms with Crippen LogP contribution < -0.4 is 26.2 Å². The molecule has 0 aliphatic carbocycles. The number of cyclic esters (lactones) is 1. The summed E-state index contributed by atoms with van der Waals surface area (Å²) in [7, 11) is 2.17. The van der Waals surface area contributed by atoms with Crippen LogP contribution in [0, 0.1) is 10.8 Å². The van der Waals surface area contributed by atoms with E-state index in [0.717, 1.165) is 110 Å². The first-order valence-corrected chi connectivity index (χ1v) is 26.7. The van der Waals surface area contributed by atoms with Crippen molar-refractivity contribution in [2.75, 3.05) is 109 Å². The minimum absolute atomic E-state index is 0.0314. The number of nitrogens with one attached hydrogen (secondary N) is 2. The molecule has 1 spiro atoms. The summed E-state index contributed by atoms with van der Waals surface area (Å²) >= 11 is 0. The number of anilines is 2. The molecule has 1 aromatic carbocycles. The van der Waals surface area contributed by atoms with Gasteiger partial charge in [0, 0.05) is 117 Å². The summed E-state index contributed by atoms with van der Waals surface area (Å²) in [6, 6.07) is 10.4. The Balaban J connectivity index is 0.978. The second kappa shape index (κ2) is 19.9. The van der Waals surface area contributed by atoms with E-state index in [2.05, 4.69) is 105 Å². The Kier molecular flexibility index (Phi) is 13.6. The van der Waals surface area contributed by atoms with Crippen LogP contribution in [0.3, 0.4) is 0 Å². The van der Waals surface area contributed by atoms with Crippen molar-refractivity contribution in [1.82, 2.24) is 39.9 Å². The lowest BCUT2D eigenvalue weighted by Crippen LogP contribution is -2.75. The summed E-state index contributed by atoms with van der Waals surface area (Å²) in [6.45, 7) is 18.9. The van der Waals surface area contributed by atoms with Crippen LogP contribution in [0.1, 0.15) is 82.2 Å². The zero-order valence-electron chi connectivity index (χ0n) is 43.0. The Bertz CT molecular complexity index is 2650. The fourth-order valence-electron chi connectivity index (χ4n) is 13.2. The van der Waals surface area contributed by atoms with Gasteiger partial charge in [-0.15, -0.1) is 0 Å². The molecule has 0 saturated carbocycles. The van der Waals surface area contributed by atoms with Gasteiger partial charge in [0.1, 0.15) is 12.1 Å². The number of likely N-dealkylation sites (tertiary alicyclic amines) is 1. The van der Waals surface area contributed by atoms with E-state index in [1.165, 1.54) is 5.56 Å².